The van der Waals surface area contributed by atoms with Crippen molar-refractivity contribution in [3.63, 3.8) is 0 Å². The van der Waals surface area contributed by atoms with Gasteiger partial charge in [-0.15, -0.1) is 10.2 Å². The molecular weight excluding hydrogens is 361 g/mol. The maximum atomic E-state index is 13.1. The molecule has 0 aliphatic carbocycles. The Morgan fingerprint density at radius 1 is 1.07 bits per heavy atom. The molecule has 0 spiro atoms. The van der Waals surface area contributed by atoms with E-state index in [4.69, 9.17) is 4.74 Å². The van der Waals surface area contributed by atoms with E-state index in [0.717, 1.165) is 43.9 Å². The molecule has 1 amide bonds. The number of morpholine rings is 1. The fourth-order valence-corrected chi connectivity index (χ4v) is 3.59. The summed E-state index contributed by atoms with van der Waals surface area (Å²) in [7, 11) is 0. The molecule has 3 heterocycles. The molecule has 2 fully saturated rings. The molecule has 2 aromatic rings. The smallest absolute Gasteiger partial charge is 0.239 e. The quantitative estimate of drug-likeness (QED) is 0.866. The predicted octanol–water partition coefficient (Wildman–Crippen LogP) is 1.86. The molecule has 0 bridgehead atoms. The highest BCUT2D eigenvalue weighted by Crippen LogP contribution is 2.23. The summed E-state index contributed by atoms with van der Waals surface area (Å²) in [6.45, 7) is 4.21. The highest BCUT2D eigenvalue weighted by atomic mass is 19.1. The first-order valence-electron chi connectivity index (χ1n) is 9.67. The summed E-state index contributed by atoms with van der Waals surface area (Å²) in [6.07, 6.45) is 1.80. The van der Waals surface area contributed by atoms with Crippen LogP contribution in [0.3, 0.4) is 0 Å². The van der Waals surface area contributed by atoms with Crippen LogP contribution in [0.25, 0.3) is 11.3 Å². The number of carbonyl (C=O) groups is 1. The first-order chi connectivity index (χ1) is 13.7. The Kier molecular flexibility index (Phi) is 5.78. The number of nitrogens with one attached hydrogen (secondary N) is 1. The Hall–Kier alpha value is -2.58. The SMILES string of the molecule is O=C(NN1CCOCC1)[C@@H]1CCCN(c2ccc(-c3ccc(F)cc3)nn2)C1. The van der Waals surface area contributed by atoms with Crippen molar-refractivity contribution in [2.24, 2.45) is 5.92 Å². The van der Waals surface area contributed by atoms with E-state index in [1.807, 2.05) is 17.1 Å². The molecule has 1 N–H and O–H groups in total. The molecule has 8 heteroatoms. The summed E-state index contributed by atoms with van der Waals surface area (Å²) in [5.41, 5.74) is 4.53. The number of aromatic nitrogens is 2. The van der Waals surface area contributed by atoms with Crippen molar-refractivity contribution in [2.75, 3.05) is 44.3 Å². The number of hydrazine groups is 1. The number of anilines is 1. The Bertz CT molecular complexity index is 793. The molecule has 2 saturated heterocycles. The van der Waals surface area contributed by atoms with Gasteiger partial charge >= 0.3 is 0 Å². The van der Waals surface area contributed by atoms with Crippen LogP contribution in [0.2, 0.25) is 0 Å². The molecular formula is C20H24FN5O2. The number of amides is 1. The van der Waals surface area contributed by atoms with Crippen LogP contribution >= 0.6 is 0 Å². The van der Waals surface area contributed by atoms with Crippen molar-refractivity contribution in [1.82, 2.24) is 20.6 Å². The van der Waals surface area contributed by atoms with Gasteiger partial charge in [-0.3, -0.25) is 10.2 Å². The van der Waals surface area contributed by atoms with Crippen molar-refractivity contribution in [2.45, 2.75) is 12.8 Å². The van der Waals surface area contributed by atoms with E-state index in [1.54, 1.807) is 12.1 Å². The van der Waals surface area contributed by atoms with Crippen molar-refractivity contribution in [3.8, 4) is 11.3 Å². The molecule has 1 aromatic carbocycles. The average Bonchev–Trinajstić information content (AvgIpc) is 2.75. The number of ether oxygens (including phenoxy) is 1. The molecule has 2 aliphatic heterocycles. The van der Waals surface area contributed by atoms with Gasteiger partial charge in [-0.25, -0.2) is 9.40 Å². The lowest BCUT2D eigenvalue weighted by molar-refractivity contribution is -0.132. The van der Waals surface area contributed by atoms with Crippen LogP contribution in [0.15, 0.2) is 36.4 Å². The molecule has 0 radical (unpaired) electrons. The zero-order valence-electron chi connectivity index (χ0n) is 15.7. The zero-order chi connectivity index (χ0) is 19.3. The lowest BCUT2D eigenvalue weighted by Crippen LogP contribution is -2.52. The molecule has 7 nitrogen and oxygen atoms in total. The zero-order valence-corrected chi connectivity index (χ0v) is 15.7. The summed E-state index contributed by atoms with van der Waals surface area (Å²) in [4.78, 5) is 14.7. The highest BCUT2D eigenvalue weighted by molar-refractivity contribution is 5.79. The van der Waals surface area contributed by atoms with E-state index in [1.165, 1.54) is 12.1 Å². The Morgan fingerprint density at radius 3 is 2.57 bits per heavy atom. The lowest BCUT2D eigenvalue weighted by atomic mass is 9.97. The van der Waals surface area contributed by atoms with Gasteiger partial charge in [0.1, 0.15) is 5.82 Å². The van der Waals surface area contributed by atoms with E-state index < -0.39 is 0 Å². The Labute approximate surface area is 163 Å². The fraction of sp³-hybridized carbons (Fsp3) is 0.450. The van der Waals surface area contributed by atoms with Crippen LogP contribution in [-0.4, -0.2) is 60.5 Å². The predicted molar refractivity (Wildman–Crippen MR) is 103 cm³/mol. The Balaban J connectivity index is 1.38. The molecule has 2 aliphatic rings. The molecule has 28 heavy (non-hydrogen) atoms. The average molecular weight is 385 g/mol. The van der Waals surface area contributed by atoms with Crippen molar-refractivity contribution in [3.05, 3.63) is 42.2 Å². The number of benzene rings is 1. The largest absolute Gasteiger partial charge is 0.379 e. The van der Waals surface area contributed by atoms with Gasteiger partial charge < -0.3 is 9.64 Å². The first-order valence-corrected chi connectivity index (χ1v) is 9.67. The van der Waals surface area contributed by atoms with Crippen LogP contribution < -0.4 is 10.3 Å². The van der Waals surface area contributed by atoms with Crippen molar-refractivity contribution < 1.29 is 13.9 Å². The second-order valence-electron chi connectivity index (χ2n) is 7.14. The second kappa shape index (κ2) is 8.62. The van der Waals surface area contributed by atoms with E-state index in [-0.39, 0.29) is 17.6 Å². The molecule has 1 aromatic heterocycles. The van der Waals surface area contributed by atoms with Crippen LogP contribution in [0, 0.1) is 11.7 Å². The molecule has 4 rings (SSSR count). The van der Waals surface area contributed by atoms with Gasteiger partial charge in [-0.2, -0.15) is 0 Å². The van der Waals surface area contributed by atoms with Crippen LogP contribution in [0.4, 0.5) is 10.2 Å². The minimum atomic E-state index is -0.275. The minimum absolute atomic E-state index is 0.0579. The van der Waals surface area contributed by atoms with E-state index >= 15 is 0 Å². The van der Waals surface area contributed by atoms with Crippen LogP contribution in [0.1, 0.15) is 12.8 Å². The Morgan fingerprint density at radius 2 is 1.86 bits per heavy atom. The maximum absolute atomic E-state index is 13.1. The molecule has 148 valence electrons. The second-order valence-corrected chi connectivity index (χ2v) is 7.14. The molecule has 1 atom stereocenters. The van der Waals surface area contributed by atoms with Gasteiger partial charge in [0.05, 0.1) is 24.8 Å². The van der Waals surface area contributed by atoms with E-state index in [2.05, 4.69) is 20.5 Å². The van der Waals surface area contributed by atoms with Gasteiger partial charge in [0, 0.05) is 31.7 Å². The van der Waals surface area contributed by atoms with E-state index in [0.29, 0.717) is 25.5 Å². The van der Waals surface area contributed by atoms with Crippen molar-refractivity contribution >= 4 is 11.7 Å². The summed E-state index contributed by atoms with van der Waals surface area (Å²) in [6, 6.07) is 9.99. The monoisotopic (exact) mass is 385 g/mol. The van der Waals surface area contributed by atoms with Gasteiger partial charge in [-0.1, -0.05) is 0 Å². The summed E-state index contributed by atoms with van der Waals surface area (Å²) < 4.78 is 18.4. The summed E-state index contributed by atoms with van der Waals surface area (Å²) >= 11 is 0. The van der Waals surface area contributed by atoms with E-state index in [9.17, 15) is 9.18 Å². The highest BCUT2D eigenvalue weighted by Gasteiger charge is 2.28. The minimum Gasteiger partial charge on any atom is -0.379 e. The van der Waals surface area contributed by atoms with Crippen LogP contribution in [-0.2, 0) is 9.53 Å². The first kappa shape index (κ1) is 18.8. The standard InChI is InChI=1S/C20H24FN5O2/c21-17-5-3-15(4-6-17)18-7-8-19(23-22-18)25-9-1-2-16(14-25)20(27)24-26-10-12-28-13-11-26/h3-8,16H,1-2,9-14H2,(H,24,27)/t16-/m1/s1. The van der Waals surface area contributed by atoms with Gasteiger partial charge in [0.25, 0.3) is 0 Å². The third-order valence-electron chi connectivity index (χ3n) is 5.19. The third kappa shape index (κ3) is 4.45. The number of hydrogen-bond acceptors (Lipinski definition) is 6. The topological polar surface area (TPSA) is 70.6 Å². The van der Waals surface area contributed by atoms with Crippen molar-refractivity contribution in [1.29, 1.82) is 0 Å². The van der Waals surface area contributed by atoms with Gasteiger partial charge in [0.2, 0.25) is 5.91 Å². The number of halogens is 1. The number of rotatable bonds is 4. The normalized spacial score (nSPS) is 20.8. The molecule has 0 saturated carbocycles. The summed E-state index contributed by atoms with van der Waals surface area (Å²) in [5, 5.41) is 10.5. The number of hydrogen-bond donors (Lipinski definition) is 1. The van der Waals surface area contributed by atoms with Crippen LogP contribution in [0.5, 0.6) is 0 Å². The van der Waals surface area contributed by atoms with Gasteiger partial charge in [0.15, 0.2) is 5.82 Å². The maximum Gasteiger partial charge on any atom is 0.239 e. The third-order valence-corrected chi connectivity index (χ3v) is 5.19. The lowest BCUT2D eigenvalue weighted by Gasteiger charge is -2.34. The summed E-state index contributed by atoms with van der Waals surface area (Å²) in [5.74, 6) is 0.468. The molecule has 0 unspecified atom stereocenters. The number of carbonyl (C=O) groups excluding carboxylic acids is 1. The number of nitrogens with zero attached hydrogens (tertiary/aromatic N) is 4. The number of piperidine rings is 1. The fourth-order valence-electron chi connectivity index (χ4n) is 3.59. The van der Waals surface area contributed by atoms with Gasteiger partial charge in [-0.05, 0) is 49.2 Å².